The molecule has 1 heterocycles. The van der Waals surface area contributed by atoms with Gasteiger partial charge in [0.15, 0.2) is 0 Å². The lowest BCUT2D eigenvalue weighted by molar-refractivity contribution is 1.10. The molecule has 2 aromatic carbocycles. The molecule has 1 N–H and O–H groups in total. The quantitative estimate of drug-likeness (QED) is 0.629. The van der Waals surface area contributed by atoms with Gasteiger partial charge in [-0.15, -0.1) is 0 Å². The molecule has 2 nitrogen and oxygen atoms in total. The van der Waals surface area contributed by atoms with Crippen molar-refractivity contribution in [2.75, 3.05) is 0 Å². The van der Waals surface area contributed by atoms with Crippen molar-refractivity contribution in [2.45, 2.75) is 0 Å². The molecule has 0 amide bonds. The highest BCUT2D eigenvalue weighted by molar-refractivity contribution is 9.10. The van der Waals surface area contributed by atoms with E-state index in [-0.39, 0.29) is 0 Å². The molecule has 0 bridgehead atoms. The largest absolute Gasteiger partial charge is 0.269 e. The standard InChI is InChI=1S/C15H9BrN2/c16-12-7-8-13-14(17-18-15(13)10-12)9-6-11-4-2-1-3-5-11/h1-5,7-8,10H,(H,17,18). The summed E-state index contributed by atoms with van der Waals surface area (Å²) >= 11 is 3.43. The first-order chi connectivity index (χ1) is 8.83. The van der Waals surface area contributed by atoms with Gasteiger partial charge in [0, 0.05) is 15.4 Å². The maximum absolute atomic E-state index is 4.23. The van der Waals surface area contributed by atoms with Crippen molar-refractivity contribution in [3.63, 3.8) is 0 Å². The monoisotopic (exact) mass is 296 g/mol. The van der Waals surface area contributed by atoms with Gasteiger partial charge >= 0.3 is 0 Å². The van der Waals surface area contributed by atoms with Crippen LogP contribution in [0.25, 0.3) is 10.9 Å². The van der Waals surface area contributed by atoms with Crippen molar-refractivity contribution >= 4 is 26.8 Å². The zero-order valence-electron chi connectivity index (χ0n) is 9.44. The van der Waals surface area contributed by atoms with Gasteiger partial charge in [-0.25, -0.2) is 0 Å². The van der Waals surface area contributed by atoms with Crippen LogP contribution in [0.5, 0.6) is 0 Å². The molecule has 0 aliphatic heterocycles. The number of hydrogen-bond donors (Lipinski definition) is 1. The lowest BCUT2D eigenvalue weighted by Crippen LogP contribution is -1.76. The first-order valence-electron chi connectivity index (χ1n) is 5.53. The van der Waals surface area contributed by atoms with Crippen molar-refractivity contribution in [1.82, 2.24) is 10.2 Å². The van der Waals surface area contributed by atoms with Gasteiger partial charge in [0.2, 0.25) is 0 Å². The minimum Gasteiger partial charge on any atom is -0.269 e. The minimum absolute atomic E-state index is 0.848. The smallest absolute Gasteiger partial charge is 0.116 e. The number of nitrogens with zero attached hydrogens (tertiary/aromatic N) is 1. The van der Waals surface area contributed by atoms with Crippen molar-refractivity contribution in [3.8, 4) is 11.8 Å². The van der Waals surface area contributed by atoms with Crippen LogP contribution < -0.4 is 0 Å². The number of H-pyrrole nitrogens is 1. The molecule has 0 radical (unpaired) electrons. The van der Waals surface area contributed by atoms with E-state index in [1.165, 1.54) is 0 Å². The topological polar surface area (TPSA) is 28.7 Å². The molecule has 0 aliphatic rings. The van der Waals surface area contributed by atoms with E-state index >= 15 is 0 Å². The lowest BCUT2D eigenvalue weighted by atomic mass is 10.2. The Balaban J connectivity index is 2.04. The van der Waals surface area contributed by atoms with Crippen LogP contribution in [0.1, 0.15) is 11.3 Å². The molecule has 3 aromatic rings. The van der Waals surface area contributed by atoms with Crippen molar-refractivity contribution in [2.24, 2.45) is 0 Å². The molecule has 1 aromatic heterocycles. The third kappa shape index (κ3) is 2.15. The maximum Gasteiger partial charge on any atom is 0.116 e. The highest BCUT2D eigenvalue weighted by Gasteiger charge is 2.02. The van der Waals surface area contributed by atoms with E-state index < -0.39 is 0 Å². The third-order valence-corrected chi connectivity index (χ3v) is 3.12. The number of fused-ring (bicyclic) bond motifs is 1. The average molecular weight is 297 g/mol. The Kier molecular flexibility index (Phi) is 2.87. The lowest BCUT2D eigenvalue weighted by Gasteiger charge is -1.90. The summed E-state index contributed by atoms with van der Waals surface area (Å²) in [5, 5.41) is 8.24. The van der Waals surface area contributed by atoms with Crippen LogP contribution in [0.2, 0.25) is 0 Å². The number of hydrogen-bond acceptors (Lipinski definition) is 1. The van der Waals surface area contributed by atoms with E-state index in [9.17, 15) is 0 Å². The van der Waals surface area contributed by atoms with Crippen LogP contribution >= 0.6 is 15.9 Å². The van der Waals surface area contributed by atoms with Gasteiger partial charge in [-0.2, -0.15) is 5.10 Å². The van der Waals surface area contributed by atoms with E-state index in [1.54, 1.807) is 0 Å². The molecule has 18 heavy (non-hydrogen) atoms. The van der Waals surface area contributed by atoms with Crippen molar-refractivity contribution in [3.05, 3.63) is 64.3 Å². The summed E-state index contributed by atoms with van der Waals surface area (Å²) in [6, 6.07) is 15.9. The number of aromatic nitrogens is 2. The fraction of sp³-hybridized carbons (Fsp3) is 0. The van der Waals surface area contributed by atoms with Gasteiger partial charge in [-0.1, -0.05) is 40.0 Å². The number of rotatable bonds is 0. The van der Waals surface area contributed by atoms with Gasteiger partial charge < -0.3 is 0 Å². The number of halogens is 1. The van der Waals surface area contributed by atoms with E-state index in [0.717, 1.165) is 26.6 Å². The summed E-state index contributed by atoms with van der Waals surface area (Å²) in [6.45, 7) is 0. The average Bonchev–Trinajstić information content (AvgIpc) is 2.80. The first kappa shape index (κ1) is 11.1. The van der Waals surface area contributed by atoms with Crippen molar-refractivity contribution < 1.29 is 0 Å². The maximum atomic E-state index is 4.23. The fourth-order valence-electron chi connectivity index (χ4n) is 1.74. The number of aromatic amines is 1. The SMILES string of the molecule is Brc1ccc2c(C#Cc3ccccc3)[nH]nc2c1. The number of nitrogens with one attached hydrogen (secondary N) is 1. The summed E-state index contributed by atoms with van der Waals surface area (Å²) < 4.78 is 1.02. The second-order valence-electron chi connectivity index (χ2n) is 3.88. The highest BCUT2D eigenvalue weighted by atomic mass is 79.9. The van der Waals surface area contributed by atoms with Crippen LogP contribution in [0.4, 0.5) is 0 Å². The van der Waals surface area contributed by atoms with Gasteiger partial charge in [0.05, 0.1) is 5.52 Å². The van der Waals surface area contributed by atoms with Crippen molar-refractivity contribution in [1.29, 1.82) is 0 Å². The Morgan fingerprint density at radius 2 is 1.83 bits per heavy atom. The predicted molar refractivity (Wildman–Crippen MR) is 76.2 cm³/mol. The van der Waals surface area contributed by atoms with E-state index in [4.69, 9.17) is 0 Å². The van der Waals surface area contributed by atoms with Crippen LogP contribution in [-0.2, 0) is 0 Å². The van der Waals surface area contributed by atoms with Gasteiger partial charge in [0.25, 0.3) is 0 Å². The van der Waals surface area contributed by atoms with Crippen LogP contribution in [0, 0.1) is 11.8 Å². The zero-order chi connectivity index (χ0) is 12.4. The van der Waals surface area contributed by atoms with Gasteiger partial charge in [-0.3, -0.25) is 5.10 Å². The van der Waals surface area contributed by atoms with E-state index in [1.807, 2.05) is 48.5 Å². The Hall–Kier alpha value is -2.05. The molecule has 0 saturated carbocycles. The molecule has 0 saturated heterocycles. The minimum atomic E-state index is 0.848. The van der Waals surface area contributed by atoms with E-state index in [0.29, 0.717) is 0 Å². The molecule has 0 aliphatic carbocycles. The summed E-state index contributed by atoms with van der Waals surface area (Å²) in [4.78, 5) is 0. The predicted octanol–water partition coefficient (Wildman–Crippen LogP) is 3.73. The summed E-state index contributed by atoms with van der Waals surface area (Å²) in [5.41, 5.74) is 2.76. The molecule has 0 spiro atoms. The second kappa shape index (κ2) is 4.67. The normalized spacial score (nSPS) is 10.1. The highest BCUT2D eigenvalue weighted by Crippen LogP contribution is 2.20. The zero-order valence-corrected chi connectivity index (χ0v) is 11.0. The Morgan fingerprint density at radius 1 is 1.00 bits per heavy atom. The Bertz CT molecular complexity index is 748. The molecule has 3 heteroatoms. The number of benzene rings is 2. The van der Waals surface area contributed by atoms with Crippen LogP contribution in [0.3, 0.4) is 0 Å². The van der Waals surface area contributed by atoms with E-state index in [2.05, 4.69) is 38.0 Å². The first-order valence-corrected chi connectivity index (χ1v) is 6.33. The summed E-state index contributed by atoms with van der Waals surface area (Å²) in [5.74, 6) is 6.24. The summed E-state index contributed by atoms with van der Waals surface area (Å²) in [7, 11) is 0. The molecule has 0 unspecified atom stereocenters. The fourth-order valence-corrected chi connectivity index (χ4v) is 2.09. The summed E-state index contributed by atoms with van der Waals surface area (Å²) in [6.07, 6.45) is 0. The van der Waals surface area contributed by atoms with Gasteiger partial charge in [0.1, 0.15) is 5.69 Å². The molecule has 86 valence electrons. The molecule has 3 rings (SSSR count). The third-order valence-electron chi connectivity index (χ3n) is 2.62. The van der Waals surface area contributed by atoms with Gasteiger partial charge in [-0.05, 0) is 36.3 Å². The molecule has 0 atom stereocenters. The Labute approximate surface area is 113 Å². The van der Waals surface area contributed by atoms with Crippen LogP contribution in [-0.4, -0.2) is 10.2 Å². The molecular formula is C15H9BrN2. The molecular weight excluding hydrogens is 288 g/mol. The van der Waals surface area contributed by atoms with Crippen LogP contribution in [0.15, 0.2) is 53.0 Å². The molecule has 0 fully saturated rings. The Morgan fingerprint density at radius 3 is 2.67 bits per heavy atom. The second-order valence-corrected chi connectivity index (χ2v) is 4.79.